The van der Waals surface area contributed by atoms with Gasteiger partial charge in [0.25, 0.3) is 12.9 Å². The van der Waals surface area contributed by atoms with Gasteiger partial charge in [-0.05, 0) is 22.9 Å². The second kappa shape index (κ2) is 11.4. The van der Waals surface area contributed by atoms with E-state index in [-0.39, 0.29) is 28.6 Å². The predicted molar refractivity (Wildman–Crippen MR) is 132 cm³/mol. The Morgan fingerprint density at radius 2 is 1.84 bits per heavy atom. The van der Waals surface area contributed by atoms with E-state index in [1.807, 2.05) is 4.72 Å². The lowest BCUT2D eigenvalue weighted by molar-refractivity contribution is -0.122. The minimum absolute atomic E-state index is 0.162. The summed E-state index contributed by atoms with van der Waals surface area (Å²) in [6.07, 6.45) is -3.02. The molecule has 0 bridgehead atoms. The Morgan fingerprint density at radius 1 is 1.16 bits per heavy atom. The standard InChI is InChI=1S/C17H17F2N9O4S3.CH2O2/c18-15(19)9(20)6-23-35(31,32)11-5-4-7(8-2-1-3-10-13(8)24-17(21)33-10)12(14(11)34(22,29)30)16-25-27-28-26-16;2-1-3/h1-5,9,15,23H,6,20H2,(H2,21,24)(H2,22,29,30)(H,25,26,27,28);1H,(H,2,3). The first-order chi connectivity index (χ1) is 17.8. The number of carboxylic acid groups (broad SMARTS) is 1. The first kappa shape index (κ1) is 28.9. The quantitative estimate of drug-likeness (QED) is 0.147. The number of halogens is 2. The number of fused-ring (bicyclic) bond motifs is 1. The molecule has 38 heavy (non-hydrogen) atoms. The molecule has 0 saturated carbocycles. The average Bonchev–Trinajstić information content (AvgIpc) is 3.50. The minimum Gasteiger partial charge on any atom is -0.483 e. The van der Waals surface area contributed by atoms with Crippen LogP contribution >= 0.6 is 11.3 Å². The van der Waals surface area contributed by atoms with Crippen LogP contribution in [0.2, 0.25) is 0 Å². The molecule has 0 spiro atoms. The molecular formula is C18H19F2N9O6S3. The third-order valence-corrected chi connectivity index (χ3v) is 8.26. The lowest BCUT2D eigenvalue weighted by Crippen LogP contribution is -2.42. The Morgan fingerprint density at radius 3 is 2.42 bits per heavy atom. The van der Waals surface area contributed by atoms with Crippen molar-refractivity contribution in [2.75, 3.05) is 12.3 Å². The van der Waals surface area contributed by atoms with E-state index in [2.05, 4.69) is 25.6 Å². The monoisotopic (exact) mass is 591 g/mol. The smallest absolute Gasteiger partial charge is 0.290 e. The molecule has 4 rings (SSSR count). The number of alkyl halides is 2. The SMILES string of the molecule is Nc1nc2c(-c3ccc(S(=O)(=O)NCC(N)C(F)F)c(S(N)(=O)=O)c3-c3nn[nH]n3)cccc2s1.O=CO. The average molecular weight is 592 g/mol. The van der Waals surface area contributed by atoms with Gasteiger partial charge in [-0.3, -0.25) is 4.79 Å². The van der Waals surface area contributed by atoms with Crippen LogP contribution in [-0.4, -0.2) is 73.0 Å². The van der Waals surface area contributed by atoms with Crippen molar-refractivity contribution < 1.29 is 35.5 Å². The maximum Gasteiger partial charge on any atom is 0.290 e. The van der Waals surface area contributed by atoms with Gasteiger partial charge < -0.3 is 16.6 Å². The topological polar surface area (TPSA) is 263 Å². The number of rotatable bonds is 8. The highest BCUT2D eigenvalue weighted by molar-refractivity contribution is 7.92. The van der Waals surface area contributed by atoms with Crippen LogP contribution in [0.5, 0.6) is 0 Å². The molecule has 2 aromatic heterocycles. The highest BCUT2D eigenvalue weighted by Gasteiger charge is 2.33. The second-order valence-corrected chi connectivity index (χ2v) is 11.6. The van der Waals surface area contributed by atoms with Crippen molar-refractivity contribution in [1.82, 2.24) is 30.3 Å². The molecule has 1 atom stereocenters. The number of tetrazole rings is 1. The zero-order valence-electron chi connectivity index (χ0n) is 18.8. The molecule has 204 valence electrons. The number of anilines is 1. The van der Waals surface area contributed by atoms with Gasteiger partial charge in [-0.15, -0.1) is 10.2 Å². The Hall–Kier alpha value is -3.69. The number of aromatic nitrogens is 5. The number of nitrogen functional groups attached to an aromatic ring is 1. The van der Waals surface area contributed by atoms with Crippen LogP contribution in [0.15, 0.2) is 40.1 Å². The number of nitrogens with one attached hydrogen (secondary N) is 2. The first-order valence-corrected chi connectivity index (χ1v) is 13.9. The summed E-state index contributed by atoms with van der Waals surface area (Å²) < 4.78 is 79.6. The molecule has 2 aromatic carbocycles. The largest absolute Gasteiger partial charge is 0.483 e. The zero-order valence-corrected chi connectivity index (χ0v) is 21.3. The van der Waals surface area contributed by atoms with Crippen LogP contribution in [0.1, 0.15) is 0 Å². The molecule has 20 heteroatoms. The molecular weight excluding hydrogens is 572 g/mol. The van der Waals surface area contributed by atoms with Crippen molar-refractivity contribution in [2.45, 2.75) is 22.3 Å². The third kappa shape index (κ3) is 6.06. The van der Waals surface area contributed by atoms with Crippen LogP contribution < -0.4 is 21.3 Å². The number of thiazole rings is 1. The maximum absolute atomic E-state index is 13.0. The number of carbonyl (C=O) groups is 1. The van der Waals surface area contributed by atoms with Gasteiger partial charge in [-0.1, -0.05) is 29.5 Å². The number of H-pyrrole nitrogens is 1. The number of sulfonamides is 2. The molecule has 0 aliphatic heterocycles. The van der Waals surface area contributed by atoms with E-state index in [4.69, 9.17) is 26.5 Å². The van der Waals surface area contributed by atoms with Gasteiger partial charge in [0.2, 0.25) is 25.9 Å². The van der Waals surface area contributed by atoms with Crippen molar-refractivity contribution in [1.29, 1.82) is 0 Å². The highest BCUT2D eigenvalue weighted by Crippen LogP contribution is 2.41. The predicted octanol–water partition coefficient (Wildman–Crippen LogP) is -0.0555. The lowest BCUT2D eigenvalue weighted by Gasteiger charge is -2.18. The fourth-order valence-corrected chi connectivity index (χ4v) is 6.76. The fraction of sp³-hybridized carbons (Fsp3) is 0.167. The van der Waals surface area contributed by atoms with Crippen molar-refractivity contribution in [3.05, 3.63) is 30.3 Å². The van der Waals surface area contributed by atoms with Crippen LogP contribution in [0.25, 0.3) is 32.7 Å². The fourth-order valence-electron chi connectivity index (χ4n) is 3.33. The molecule has 0 fully saturated rings. The number of benzene rings is 2. The Balaban J connectivity index is 0.00000127. The molecule has 9 N–H and O–H groups in total. The Labute approximate surface area is 217 Å². The molecule has 2 heterocycles. The van der Waals surface area contributed by atoms with Gasteiger partial charge >= 0.3 is 0 Å². The van der Waals surface area contributed by atoms with Crippen molar-refractivity contribution in [2.24, 2.45) is 10.9 Å². The lowest BCUT2D eigenvalue weighted by atomic mass is 9.98. The second-order valence-electron chi connectivity index (χ2n) is 7.26. The number of hydrogen-bond acceptors (Lipinski definition) is 12. The number of primary sulfonamides is 1. The van der Waals surface area contributed by atoms with Gasteiger partial charge in [-0.2, -0.15) is 5.21 Å². The van der Waals surface area contributed by atoms with Gasteiger partial charge in [0.15, 0.2) is 5.13 Å². The Bertz CT molecular complexity index is 1660. The normalized spacial score (nSPS) is 12.8. The molecule has 0 aliphatic carbocycles. The number of nitrogens with two attached hydrogens (primary N) is 3. The number of hydrogen-bond donors (Lipinski definition) is 6. The van der Waals surface area contributed by atoms with Crippen LogP contribution in [0.4, 0.5) is 13.9 Å². The minimum atomic E-state index is -4.77. The van der Waals surface area contributed by atoms with E-state index in [0.717, 1.165) is 6.07 Å². The molecule has 15 nitrogen and oxygen atoms in total. The number of nitrogens with zero attached hydrogens (tertiary/aromatic N) is 4. The summed E-state index contributed by atoms with van der Waals surface area (Å²) >= 11 is 1.19. The van der Waals surface area contributed by atoms with E-state index < -0.39 is 48.8 Å². The number of para-hydroxylation sites is 1. The molecule has 4 aromatic rings. The summed E-state index contributed by atoms with van der Waals surface area (Å²) in [5.41, 5.74) is 11.7. The van der Waals surface area contributed by atoms with E-state index in [0.29, 0.717) is 15.8 Å². The van der Waals surface area contributed by atoms with Crippen molar-refractivity contribution >= 4 is 53.2 Å². The van der Waals surface area contributed by atoms with Crippen LogP contribution in [0.3, 0.4) is 0 Å². The number of aromatic amines is 1. The van der Waals surface area contributed by atoms with E-state index in [9.17, 15) is 25.6 Å². The molecule has 1 unspecified atom stereocenters. The van der Waals surface area contributed by atoms with Crippen molar-refractivity contribution in [3.8, 4) is 22.5 Å². The molecule has 0 aliphatic rings. The Kier molecular flexibility index (Phi) is 8.64. The van der Waals surface area contributed by atoms with Crippen LogP contribution in [0, 0.1) is 0 Å². The van der Waals surface area contributed by atoms with Crippen LogP contribution in [-0.2, 0) is 24.8 Å². The summed E-state index contributed by atoms with van der Waals surface area (Å²) in [4.78, 5) is 11.0. The molecule has 0 amide bonds. The van der Waals surface area contributed by atoms with E-state index in [1.165, 1.54) is 17.4 Å². The maximum atomic E-state index is 13.0. The van der Waals surface area contributed by atoms with E-state index in [1.54, 1.807) is 18.2 Å². The zero-order chi connectivity index (χ0) is 28.3. The summed E-state index contributed by atoms with van der Waals surface area (Å²) in [6, 6.07) is 5.48. The highest BCUT2D eigenvalue weighted by atomic mass is 32.2. The van der Waals surface area contributed by atoms with Gasteiger partial charge in [-0.25, -0.2) is 40.5 Å². The summed E-state index contributed by atoms with van der Waals surface area (Å²) in [5.74, 6) is -0.287. The van der Waals surface area contributed by atoms with Gasteiger partial charge in [0.05, 0.1) is 21.8 Å². The van der Waals surface area contributed by atoms with E-state index >= 15 is 0 Å². The first-order valence-electron chi connectivity index (χ1n) is 10.0. The third-order valence-electron chi connectivity index (χ3n) is 4.82. The van der Waals surface area contributed by atoms with Crippen molar-refractivity contribution in [3.63, 3.8) is 0 Å². The summed E-state index contributed by atoms with van der Waals surface area (Å²) in [7, 11) is -9.47. The molecule has 0 radical (unpaired) electrons. The molecule has 0 saturated heterocycles. The van der Waals surface area contributed by atoms with Gasteiger partial charge in [0, 0.05) is 12.1 Å². The summed E-state index contributed by atoms with van der Waals surface area (Å²) in [5, 5.41) is 25.8. The van der Waals surface area contributed by atoms with Gasteiger partial charge in [0.1, 0.15) is 9.79 Å². The summed E-state index contributed by atoms with van der Waals surface area (Å²) in [6.45, 7) is -1.11.